The first kappa shape index (κ1) is 23.2. The zero-order valence-electron chi connectivity index (χ0n) is 17.5. The molecule has 1 aliphatic rings. The van der Waals surface area contributed by atoms with Crippen molar-refractivity contribution in [2.75, 3.05) is 18.1 Å². The second kappa shape index (κ2) is 10.2. The summed E-state index contributed by atoms with van der Waals surface area (Å²) >= 11 is 0. The maximum atomic E-state index is 14.0. The molecule has 1 atom stereocenters. The Bertz CT molecular complexity index is 1110. The molecule has 0 unspecified atom stereocenters. The molecule has 0 spiro atoms. The maximum absolute atomic E-state index is 14.0. The normalized spacial score (nSPS) is 15.0. The molecule has 8 nitrogen and oxygen atoms in total. The Kier molecular flexibility index (Phi) is 7.64. The summed E-state index contributed by atoms with van der Waals surface area (Å²) in [6.45, 7) is 2.66. The highest BCUT2D eigenvalue weighted by atomic mass is 32.2. The van der Waals surface area contributed by atoms with Gasteiger partial charge in [-0.25, -0.2) is 22.4 Å². The van der Waals surface area contributed by atoms with Crippen LogP contribution in [0.25, 0.3) is 0 Å². The molecular formula is C21H28FN3O5S. The lowest BCUT2D eigenvalue weighted by molar-refractivity contribution is 0.285. The van der Waals surface area contributed by atoms with Crippen LogP contribution in [0.3, 0.4) is 0 Å². The van der Waals surface area contributed by atoms with Gasteiger partial charge in [0, 0.05) is 6.54 Å². The van der Waals surface area contributed by atoms with Crippen LogP contribution in [0.1, 0.15) is 50.5 Å². The van der Waals surface area contributed by atoms with Crippen molar-refractivity contribution >= 4 is 9.84 Å². The summed E-state index contributed by atoms with van der Waals surface area (Å²) in [6.07, 6.45) is 5.08. The molecule has 0 saturated heterocycles. The van der Waals surface area contributed by atoms with Crippen LogP contribution in [0.4, 0.5) is 4.39 Å². The smallest absolute Gasteiger partial charge is 0.350 e. The molecule has 1 saturated carbocycles. The third-order valence-electron chi connectivity index (χ3n) is 5.34. The zero-order chi connectivity index (χ0) is 22.4. The lowest BCUT2D eigenvalue weighted by Gasteiger charge is -2.15. The molecule has 0 bridgehead atoms. The summed E-state index contributed by atoms with van der Waals surface area (Å²) in [5, 5.41) is 0. The number of sulfone groups is 1. The predicted octanol–water partition coefficient (Wildman–Crippen LogP) is 2.25. The first-order valence-corrected chi connectivity index (χ1v) is 12.3. The number of unbranched alkanes of at least 4 members (excludes halogenated alkanes) is 2. The average Bonchev–Trinajstić information content (AvgIpc) is 3.52. The summed E-state index contributed by atoms with van der Waals surface area (Å²) in [5.41, 5.74) is -0.480. The van der Waals surface area contributed by atoms with Crippen LogP contribution in [0.2, 0.25) is 0 Å². The van der Waals surface area contributed by atoms with Gasteiger partial charge in [-0.3, -0.25) is 9.55 Å². The Morgan fingerprint density at radius 1 is 1.26 bits per heavy atom. The van der Waals surface area contributed by atoms with E-state index in [-0.39, 0.29) is 23.2 Å². The summed E-state index contributed by atoms with van der Waals surface area (Å²) < 4.78 is 45.8. The number of aryl methyl sites for hydroxylation is 1. The minimum absolute atomic E-state index is 0.0238. The van der Waals surface area contributed by atoms with Crippen LogP contribution in [0.5, 0.6) is 5.75 Å². The van der Waals surface area contributed by atoms with Gasteiger partial charge in [0.15, 0.2) is 21.4 Å². The average molecular weight is 454 g/mol. The summed E-state index contributed by atoms with van der Waals surface area (Å²) in [5.74, 6) is -0.0108. The standard InChI is InChI=1S/C21H28FN3O5S/c1-15(17-7-8-18(22)19(11-17)30-12-16-5-6-16)13-31(28,29)10-4-2-3-9-25-14-23-20(26)24-21(25)27/h7-8,11,14-16H,2-6,9-10,12-13H2,1H3,(H,24,26,27)/t15-/m0/s1. The Balaban J connectivity index is 1.45. The Morgan fingerprint density at radius 2 is 2.03 bits per heavy atom. The maximum Gasteiger partial charge on any atom is 0.350 e. The molecule has 1 heterocycles. The molecule has 1 fully saturated rings. The van der Waals surface area contributed by atoms with E-state index in [4.69, 9.17) is 4.74 Å². The van der Waals surface area contributed by atoms with Crippen molar-refractivity contribution in [1.82, 2.24) is 14.5 Å². The van der Waals surface area contributed by atoms with E-state index in [2.05, 4.69) is 9.97 Å². The van der Waals surface area contributed by atoms with Gasteiger partial charge >= 0.3 is 11.4 Å². The molecule has 1 aromatic carbocycles. The lowest BCUT2D eigenvalue weighted by Crippen LogP contribution is -2.31. The number of nitrogens with one attached hydrogen (secondary N) is 1. The fourth-order valence-corrected chi connectivity index (χ4v) is 5.06. The van der Waals surface area contributed by atoms with Gasteiger partial charge in [0.1, 0.15) is 6.33 Å². The molecule has 1 aromatic heterocycles. The van der Waals surface area contributed by atoms with Crippen molar-refractivity contribution in [1.29, 1.82) is 0 Å². The molecule has 10 heteroatoms. The Hall–Kier alpha value is -2.49. The first-order chi connectivity index (χ1) is 14.7. The van der Waals surface area contributed by atoms with Crippen molar-refractivity contribution in [3.63, 3.8) is 0 Å². The second-order valence-corrected chi connectivity index (χ2v) is 10.4. The Labute approximate surface area is 180 Å². The molecule has 0 amide bonds. The van der Waals surface area contributed by atoms with Crippen LogP contribution < -0.4 is 16.1 Å². The first-order valence-electron chi connectivity index (χ1n) is 10.5. The van der Waals surface area contributed by atoms with E-state index in [0.29, 0.717) is 38.3 Å². The van der Waals surface area contributed by atoms with Gasteiger partial charge in [-0.05, 0) is 55.2 Å². The summed E-state index contributed by atoms with van der Waals surface area (Å²) in [7, 11) is -3.29. The largest absolute Gasteiger partial charge is 0.490 e. The number of H-pyrrole nitrogens is 1. The zero-order valence-corrected chi connectivity index (χ0v) is 18.4. The molecule has 2 aromatic rings. The summed E-state index contributed by atoms with van der Waals surface area (Å²) in [4.78, 5) is 28.1. The quantitative estimate of drug-likeness (QED) is 0.494. The van der Waals surface area contributed by atoms with Crippen LogP contribution in [-0.4, -0.2) is 41.1 Å². The van der Waals surface area contributed by atoms with Gasteiger partial charge in [0.25, 0.3) is 0 Å². The topological polar surface area (TPSA) is 111 Å². The number of ether oxygens (including phenoxy) is 1. The number of hydrogen-bond donors (Lipinski definition) is 1. The Morgan fingerprint density at radius 3 is 2.74 bits per heavy atom. The lowest BCUT2D eigenvalue weighted by atomic mass is 10.0. The SMILES string of the molecule is C[C@@H](CS(=O)(=O)CCCCCn1cnc(=O)[nH]c1=O)c1ccc(F)c(OCC2CC2)c1. The van der Waals surface area contributed by atoms with E-state index >= 15 is 0 Å². The molecule has 0 aliphatic heterocycles. The van der Waals surface area contributed by atoms with E-state index in [0.717, 1.165) is 18.4 Å². The van der Waals surface area contributed by atoms with Gasteiger partial charge < -0.3 is 4.74 Å². The van der Waals surface area contributed by atoms with E-state index in [1.54, 1.807) is 12.1 Å². The summed E-state index contributed by atoms with van der Waals surface area (Å²) in [6, 6.07) is 4.54. The fraction of sp³-hybridized carbons (Fsp3) is 0.571. The fourth-order valence-electron chi connectivity index (χ4n) is 3.30. The number of hydrogen-bond acceptors (Lipinski definition) is 6. The monoisotopic (exact) mass is 453 g/mol. The number of halogens is 1. The highest BCUT2D eigenvalue weighted by molar-refractivity contribution is 7.91. The van der Waals surface area contributed by atoms with Crippen molar-refractivity contribution in [3.8, 4) is 5.75 Å². The van der Waals surface area contributed by atoms with Gasteiger partial charge in [-0.15, -0.1) is 0 Å². The van der Waals surface area contributed by atoms with Crippen LogP contribution in [-0.2, 0) is 16.4 Å². The van der Waals surface area contributed by atoms with Gasteiger partial charge in [0.2, 0.25) is 0 Å². The van der Waals surface area contributed by atoms with E-state index < -0.39 is 27.0 Å². The molecule has 0 radical (unpaired) electrons. The predicted molar refractivity (Wildman–Crippen MR) is 115 cm³/mol. The number of aromatic nitrogens is 3. The van der Waals surface area contributed by atoms with Gasteiger partial charge in [-0.1, -0.05) is 19.4 Å². The van der Waals surface area contributed by atoms with E-state index in [1.807, 2.05) is 6.92 Å². The van der Waals surface area contributed by atoms with Crippen molar-refractivity contribution < 1.29 is 17.5 Å². The van der Waals surface area contributed by atoms with Crippen LogP contribution >= 0.6 is 0 Å². The van der Waals surface area contributed by atoms with E-state index in [1.165, 1.54) is 17.0 Å². The molecule has 170 valence electrons. The molecule has 1 N–H and O–H groups in total. The van der Waals surface area contributed by atoms with Gasteiger partial charge in [0.05, 0.1) is 18.1 Å². The van der Waals surface area contributed by atoms with Gasteiger partial charge in [-0.2, -0.15) is 4.98 Å². The molecule has 1 aliphatic carbocycles. The molecule has 31 heavy (non-hydrogen) atoms. The van der Waals surface area contributed by atoms with Crippen molar-refractivity contribution in [2.24, 2.45) is 5.92 Å². The van der Waals surface area contributed by atoms with Crippen molar-refractivity contribution in [3.05, 3.63) is 56.9 Å². The third kappa shape index (κ3) is 7.30. The minimum atomic E-state index is -3.29. The number of nitrogens with zero attached hydrogens (tertiary/aromatic N) is 2. The van der Waals surface area contributed by atoms with E-state index in [9.17, 15) is 22.4 Å². The molecular weight excluding hydrogens is 425 g/mol. The number of benzene rings is 1. The van der Waals surface area contributed by atoms with Crippen LogP contribution in [0, 0.1) is 11.7 Å². The highest BCUT2D eigenvalue weighted by Crippen LogP contribution is 2.31. The van der Waals surface area contributed by atoms with Crippen molar-refractivity contribution in [2.45, 2.75) is 51.5 Å². The van der Waals surface area contributed by atoms with Crippen LogP contribution in [0.15, 0.2) is 34.1 Å². The second-order valence-electron chi connectivity index (χ2n) is 8.19. The third-order valence-corrected chi connectivity index (χ3v) is 7.26. The minimum Gasteiger partial charge on any atom is -0.490 e. The highest BCUT2D eigenvalue weighted by Gasteiger charge is 2.23. The molecule has 3 rings (SSSR count). The number of rotatable bonds is 12. The number of aromatic amines is 1.